The zero-order valence-corrected chi connectivity index (χ0v) is 37.0. The summed E-state index contributed by atoms with van der Waals surface area (Å²) in [6.45, 7) is 4.54. The maximum atomic E-state index is 13.4. The van der Waals surface area contributed by atoms with Gasteiger partial charge >= 0.3 is 0 Å². The number of halogens is 5. The van der Waals surface area contributed by atoms with Gasteiger partial charge in [0.25, 0.3) is 0 Å². The number of nitrogens with one attached hydrogen (secondary N) is 1. The fraction of sp³-hybridized carbons (Fsp3) is 0.429. The van der Waals surface area contributed by atoms with Crippen LogP contribution in [0.3, 0.4) is 0 Å². The molecule has 3 N–H and O–H groups in total. The highest BCUT2D eigenvalue weighted by Gasteiger charge is 2.52. The van der Waals surface area contributed by atoms with E-state index in [4.69, 9.17) is 36.3 Å². The van der Waals surface area contributed by atoms with Crippen LogP contribution in [0, 0.1) is 25.7 Å². The lowest BCUT2D eigenvalue weighted by atomic mass is 9.76. The molecule has 18 nitrogen and oxygen atoms in total. The first-order valence-electron chi connectivity index (χ1n) is 20.5. The van der Waals surface area contributed by atoms with E-state index in [1.807, 2.05) is 50.1 Å². The van der Waals surface area contributed by atoms with Crippen LogP contribution >= 0.6 is 11.6 Å². The predicted octanol–water partition coefficient (Wildman–Crippen LogP) is 6.90. The molecule has 10 rings (SSSR count). The van der Waals surface area contributed by atoms with E-state index < -0.39 is 11.8 Å². The zero-order valence-electron chi connectivity index (χ0n) is 36.3. The standard InChI is InChI=1S/C21H23F2N7O2.C11H12ClF2N3O.C10H12N4O/c1-12-9-30(11-26-12)18-16(31-3)4-14(7-24-18)27-20-25-8-17-19(28-20)29(2)15(10-32-17)13-5-21(22,23)6-13;1-17-7(6-2-11(13,14)3-6)5-18-8-4-15-10(12)16-9(8)17;1-7-5-14(6-13-7)10-9(15-2)3-8(11)4-12-10/h4,7-9,11,13,15H,5-6,10H2,1-3H3,(H,25,27,28);4,6-7H,2-3,5H2,1H3;3-6H,11H2,1-2H3. The van der Waals surface area contributed by atoms with Gasteiger partial charge < -0.3 is 39.8 Å². The number of nitrogens with zero attached hydrogens (tertiary/aromatic N) is 12. The molecule has 4 aliphatic rings. The van der Waals surface area contributed by atoms with Crippen LogP contribution in [0.25, 0.3) is 11.6 Å². The third-order valence-electron chi connectivity index (χ3n) is 11.6. The van der Waals surface area contributed by atoms with E-state index in [0.29, 0.717) is 76.8 Å². The average molecular weight is 923 g/mol. The lowest BCUT2D eigenvalue weighted by Gasteiger charge is -2.45. The molecule has 2 unspecified atom stereocenters. The third-order valence-corrected chi connectivity index (χ3v) is 11.7. The highest BCUT2D eigenvalue weighted by atomic mass is 35.5. The molecule has 23 heteroatoms. The van der Waals surface area contributed by atoms with Crippen LogP contribution in [-0.4, -0.2) is 114 Å². The van der Waals surface area contributed by atoms with E-state index in [-0.39, 0.29) is 54.9 Å². The van der Waals surface area contributed by atoms with Gasteiger partial charge in [-0.15, -0.1) is 0 Å². The van der Waals surface area contributed by atoms with Crippen LogP contribution < -0.4 is 39.8 Å². The van der Waals surface area contributed by atoms with Crippen molar-refractivity contribution >= 4 is 40.6 Å². The number of nitrogens with two attached hydrogens (primary N) is 1. The molecule has 0 bridgehead atoms. The fourth-order valence-electron chi connectivity index (χ4n) is 8.07. The summed E-state index contributed by atoms with van der Waals surface area (Å²) in [5.41, 5.74) is 8.63. The minimum Gasteiger partial charge on any atom is -0.493 e. The second-order valence-corrected chi connectivity index (χ2v) is 16.6. The van der Waals surface area contributed by atoms with Crippen molar-refractivity contribution < 1.29 is 36.5 Å². The Bertz CT molecular complexity index is 2640. The first-order valence-corrected chi connectivity index (χ1v) is 20.9. The monoisotopic (exact) mass is 922 g/mol. The molecule has 65 heavy (non-hydrogen) atoms. The van der Waals surface area contributed by atoms with Gasteiger partial charge in [0.05, 0.1) is 73.9 Å². The normalized spacial score (nSPS) is 19.3. The molecule has 0 aromatic carbocycles. The summed E-state index contributed by atoms with van der Waals surface area (Å²) >= 11 is 5.74. The molecule has 8 heterocycles. The molecule has 0 spiro atoms. The van der Waals surface area contributed by atoms with Crippen LogP contribution in [0.4, 0.5) is 46.5 Å². The van der Waals surface area contributed by atoms with E-state index in [1.165, 1.54) is 6.20 Å². The van der Waals surface area contributed by atoms with E-state index in [2.05, 4.69) is 45.2 Å². The topological polar surface area (TPSA) is 194 Å². The summed E-state index contributed by atoms with van der Waals surface area (Å²) < 4.78 is 78.1. The van der Waals surface area contributed by atoms with Gasteiger partial charge in [0, 0.05) is 64.3 Å². The molecule has 2 atom stereocenters. The summed E-state index contributed by atoms with van der Waals surface area (Å²) in [6.07, 6.45) is 13.0. The maximum Gasteiger partial charge on any atom is 0.248 e. The number of ether oxygens (including phenoxy) is 4. The number of methoxy groups -OCH3 is 2. The number of rotatable bonds is 8. The Morgan fingerprint density at radius 2 is 1.17 bits per heavy atom. The number of hydrogen-bond acceptors (Lipinski definition) is 16. The minimum absolute atomic E-state index is 0.0631. The number of anilines is 5. The Labute approximate surface area is 376 Å². The third kappa shape index (κ3) is 9.86. The van der Waals surface area contributed by atoms with Crippen LogP contribution in [0.15, 0.2) is 62.0 Å². The lowest BCUT2D eigenvalue weighted by Crippen LogP contribution is -2.53. The van der Waals surface area contributed by atoms with Crippen molar-refractivity contribution in [1.29, 1.82) is 0 Å². The smallest absolute Gasteiger partial charge is 0.248 e. The maximum absolute atomic E-state index is 13.4. The molecule has 6 aromatic heterocycles. The summed E-state index contributed by atoms with van der Waals surface area (Å²) in [5.74, 6) is -0.239. The van der Waals surface area contributed by atoms with Crippen molar-refractivity contribution in [3.8, 4) is 34.6 Å². The summed E-state index contributed by atoms with van der Waals surface area (Å²) in [4.78, 5) is 37.6. The molecular formula is C42H47ClF4N14O4. The van der Waals surface area contributed by atoms with Crippen LogP contribution in [0.2, 0.25) is 5.28 Å². The van der Waals surface area contributed by atoms with Gasteiger partial charge in [-0.1, -0.05) is 0 Å². The van der Waals surface area contributed by atoms with E-state index >= 15 is 0 Å². The Balaban J connectivity index is 0.000000147. The lowest BCUT2D eigenvalue weighted by molar-refractivity contribution is -0.120. The van der Waals surface area contributed by atoms with Crippen molar-refractivity contribution in [3.05, 3.63) is 78.6 Å². The van der Waals surface area contributed by atoms with Crippen molar-refractivity contribution in [2.75, 3.05) is 62.4 Å². The van der Waals surface area contributed by atoms with Crippen molar-refractivity contribution in [2.45, 2.75) is 63.5 Å². The second kappa shape index (κ2) is 18.0. The molecule has 0 saturated heterocycles. The largest absolute Gasteiger partial charge is 0.493 e. The highest BCUT2D eigenvalue weighted by Crippen LogP contribution is 2.48. The van der Waals surface area contributed by atoms with Gasteiger partial charge in [-0.3, -0.25) is 9.13 Å². The molecule has 2 saturated carbocycles. The Morgan fingerprint density at radius 3 is 1.66 bits per heavy atom. The molecule has 0 amide bonds. The number of likely N-dealkylation sites (N-methyl/N-ethyl adjacent to an activating group) is 2. The molecule has 2 fully saturated rings. The van der Waals surface area contributed by atoms with Crippen LogP contribution in [0.5, 0.6) is 23.0 Å². The van der Waals surface area contributed by atoms with Gasteiger partial charge in [0.2, 0.25) is 23.1 Å². The number of nitrogen functional groups attached to an aromatic ring is 1. The number of aryl methyl sites for hydroxylation is 2. The molecule has 2 aliphatic carbocycles. The van der Waals surface area contributed by atoms with Crippen LogP contribution in [0.1, 0.15) is 37.1 Å². The quantitative estimate of drug-likeness (QED) is 0.118. The second-order valence-electron chi connectivity index (χ2n) is 16.2. The fourth-order valence-corrected chi connectivity index (χ4v) is 8.20. The molecule has 0 radical (unpaired) electrons. The Hall–Kier alpha value is -6.71. The van der Waals surface area contributed by atoms with Crippen LogP contribution in [-0.2, 0) is 0 Å². The first-order chi connectivity index (χ1) is 31.0. The minimum atomic E-state index is -2.57. The summed E-state index contributed by atoms with van der Waals surface area (Å²) in [6, 6.07) is 3.30. The number of pyridine rings is 2. The van der Waals surface area contributed by atoms with Crippen molar-refractivity contribution in [1.82, 2.24) is 49.0 Å². The number of imidazole rings is 2. The van der Waals surface area contributed by atoms with Crippen molar-refractivity contribution in [3.63, 3.8) is 0 Å². The molecule has 2 aliphatic heterocycles. The number of fused-ring (bicyclic) bond motifs is 2. The van der Waals surface area contributed by atoms with Gasteiger partial charge in [-0.25, -0.2) is 47.5 Å². The zero-order chi connectivity index (χ0) is 46.2. The van der Waals surface area contributed by atoms with Gasteiger partial charge in [-0.05, 0) is 37.3 Å². The van der Waals surface area contributed by atoms with E-state index in [1.54, 1.807) is 66.7 Å². The SMILES string of the molecule is CN1c2nc(Cl)ncc2OCC1C1CC(F)(F)C1.COc1cc(N)cnc1-n1cnc(C)c1.COc1cc(Nc2ncc3c(n2)N(C)C(C2CC(F)(F)C2)CO3)cnc1-n1cnc(C)c1. The predicted molar refractivity (Wildman–Crippen MR) is 233 cm³/mol. The number of alkyl halides is 4. The first kappa shape index (κ1) is 44.9. The van der Waals surface area contributed by atoms with Gasteiger partial charge in [0.1, 0.15) is 25.9 Å². The molecule has 6 aromatic rings. The van der Waals surface area contributed by atoms with E-state index in [9.17, 15) is 17.6 Å². The van der Waals surface area contributed by atoms with Gasteiger partial charge in [-0.2, -0.15) is 9.97 Å². The van der Waals surface area contributed by atoms with Crippen molar-refractivity contribution in [2.24, 2.45) is 11.8 Å². The summed E-state index contributed by atoms with van der Waals surface area (Å²) in [7, 11) is 6.83. The number of aromatic nitrogens is 10. The van der Waals surface area contributed by atoms with E-state index in [0.717, 1.165) is 11.4 Å². The highest BCUT2D eigenvalue weighted by molar-refractivity contribution is 6.28. The Kier molecular flexibility index (Phi) is 12.5. The summed E-state index contributed by atoms with van der Waals surface area (Å²) in [5, 5.41) is 3.25. The molecule has 344 valence electrons. The number of hydrogen-bond donors (Lipinski definition) is 2. The molecular weight excluding hydrogens is 876 g/mol. The Morgan fingerprint density at radius 1 is 0.677 bits per heavy atom. The average Bonchev–Trinajstić information content (AvgIpc) is 3.90. The van der Waals surface area contributed by atoms with Gasteiger partial charge in [0.15, 0.2) is 46.3 Å².